The van der Waals surface area contributed by atoms with Crippen LogP contribution >= 0.6 is 23.2 Å². The van der Waals surface area contributed by atoms with Gasteiger partial charge in [-0.25, -0.2) is 4.79 Å². The van der Waals surface area contributed by atoms with Gasteiger partial charge >= 0.3 is 16.1 Å². The number of carbonyl (C=O) groups excluding carboxylic acids is 1. The Morgan fingerprint density at radius 2 is 1.96 bits per heavy atom. The molecule has 130 valence electrons. The lowest BCUT2D eigenvalue weighted by molar-refractivity contribution is -0.132. The summed E-state index contributed by atoms with van der Waals surface area (Å²) in [6, 6.07) is 6.36. The van der Waals surface area contributed by atoms with E-state index >= 15 is 0 Å². The van der Waals surface area contributed by atoms with Gasteiger partial charge in [-0.2, -0.15) is 8.42 Å². The molecular formula is C14H14Cl2N2O5S. The Labute approximate surface area is 149 Å². The van der Waals surface area contributed by atoms with Crippen molar-refractivity contribution in [1.29, 1.82) is 0 Å². The third-order valence-electron chi connectivity index (χ3n) is 3.17. The van der Waals surface area contributed by atoms with Crippen molar-refractivity contribution in [3.63, 3.8) is 0 Å². The first kappa shape index (κ1) is 18.7. The number of aliphatic imine (C=N–C) groups is 1. The van der Waals surface area contributed by atoms with Gasteiger partial charge in [0.1, 0.15) is 11.1 Å². The normalized spacial score (nSPS) is 22.8. The summed E-state index contributed by atoms with van der Waals surface area (Å²) < 4.78 is 31.4. The van der Waals surface area contributed by atoms with Crippen LogP contribution in [0.25, 0.3) is 0 Å². The zero-order valence-electron chi connectivity index (χ0n) is 12.8. The van der Waals surface area contributed by atoms with Crippen LogP contribution in [0.4, 0.5) is 0 Å². The summed E-state index contributed by atoms with van der Waals surface area (Å²) in [6.45, 7) is 0. The predicted molar refractivity (Wildman–Crippen MR) is 91.3 cm³/mol. The Hall–Kier alpha value is -1.64. The summed E-state index contributed by atoms with van der Waals surface area (Å²) in [5.41, 5.74) is 0.857. The standard InChI is InChI=1S/C14H14Cl2N2O5S/c1-22-14(19)13-12(16)11(18-23-24(2,20)21)7-10(17-13)8-3-5-9(15)6-4-8/h3-6,10,12H,7H2,1-2H3. The topological polar surface area (TPSA) is 94.4 Å². The molecule has 0 aliphatic carbocycles. The number of methoxy groups -OCH3 is 1. The van der Waals surface area contributed by atoms with Crippen LogP contribution in [0.5, 0.6) is 0 Å². The van der Waals surface area contributed by atoms with Gasteiger partial charge in [0.2, 0.25) is 0 Å². The molecule has 0 spiro atoms. The van der Waals surface area contributed by atoms with Crippen LogP contribution in [0.1, 0.15) is 18.0 Å². The number of rotatable bonds is 4. The van der Waals surface area contributed by atoms with E-state index in [2.05, 4.69) is 19.2 Å². The van der Waals surface area contributed by atoms with Gasteiger partial charge in [0.15, 0.2) is 0 Å². The minimum atomic E-state index is -3.80. The average Bonchev–Trinajstić information content (AvgIpc) is 2.53. The quantitative estimate of drug-likeness (QED) is 0.445. The minimum absolute atomic E-state index is 0.0683. The van der Waals surface area contributed by atoms with Gasteiger partial charge < -0.3 is 4.74 Å². The van der Waals surface area contributed by atoms with E-state index in [0.717, 1.165) is 11.8 Å². The summed E-state index contributed by atoms with van der Waals surface area (Å²) in [5, 5.41) is 3.09. The second-order valence-corrected chi connectivity index (χ2v) is 7.43. The van der Waals surface area contributed by atoms with E-state index in [1.165, 1.54) is 7.11 Å². The SMILES string of the molecule is COC(=O)C1=NC(c2ccc(Cl)cc2)CC(=NOS(C)(=O)=O)C1Cl. The lowest BCUT2D eigenvalue weighted by atomic mass is 9.95. The molecule has 0 radical (unpaired) electrons. The van der Waals surface area contributed by atoms with Gasteiger partial charge in [-0.05, 0) is 17.7 Å². The molecule has 1 heterocycles. The van der Waals surface area contributed by atoms with Crippen molar-refractivity contribution in [1.82, 2.24) is 0 Å². The number of alkyl halides is 1. The van der Waals surface area contributed by atoms with E-state index in [4.69, 9.17) is 23.2 Å². The Morgan fingerprint density at radius 1 is 1.33 bits per heavy atom. The number of hydrogen-bond acceptors (Lipinski definition) is 7. The smallest absolute Gasteiger partial charge is 0.353 e. The molecule has 2 unspecified atom stereocenters. The van der Waals surface area contributed by atoms with Gasteiger partial charge in [-0.1, -0.05) is 28.9 Å². The molecule has 0 saturated carbocycles. The van der Waals surface area contributed by atoms with Crippen LogP contribution in [-0.4, -0.2) is 44.6 Å². The molecule has 10 heteroatoms. The highest BCUT2D eigenvalue weighted by Gasteiger charge is 2.35. The summed E-state index contributed by atoms with van der Waals surface area (Å²) in [4.78, 5) is 16.2. The predicted octanol–water partition coefficient (Wildman–Crippen LogP) is 2.34. The first-order valence-electron chi connectivity index (χ1n) is 6.72. The van der Waals surface area contributed by atoms with E-state index in [-0.39, 0.29) is 17.8 Å². The molecular weight excluding hydrogens is 379 g/mol. The van der Waals surface area contributed by atoms with Crippen molar-refractivity contribution in [3.05, 3.63) is 34.9 Å². The lowest BCUT2D eigenvalue weighted by Crippen LogP contribution is -2.37. The molecule has 1 aromatic rings. The second-order valence-electron chi connectivity index (χ2n) is 5.00. The maximum absolute atomic E-state index is 11.9. The largest absolute Gasteiger partial charge is 0.464 e. The number of carbonyl (C=O) groups is 1. The van der Waals surface area contributed by atoms with Gasteiger partial charge in [0, 0.05) is 11.4 Å². The summed E-state index contributed by atoms with van der Waals surface area (Å²) in [6.07, 6.45) is 1.04. The van der Waals surface area contributed by atoms with Crippen molar-refractivity contribution < 1.29 is 22.2 Å². The lowest BCUT2D eigenvalue weighted by Gasteiger charge is -2.24. The van der Waals surface area contributed by atoms with Crippen molar-refractivity contribution in [2.45, 2.75) is 17.8 Å². The van der Waals surface area contributed by atoms with E-state index in [9.17, 15) is 13.2 Å². The molecule has 0 fully saturated rings. The summed E-state index contributed by atoms with van der Waals surface area (Å²) in [7, 11) is -2.60. The Balaban J connectivity index is 2.42. The zero-order chi connectivity index (χ0) is 17.9. The maximum atomic E-state index is 11.9. The number of ether oxygens (including phenoxy) is 1. The van der Waals surface area contributed by atoms with Gasteiger partial charge in [0.05, 0.1) is 25.1 Å². The Kier molecular flexibility index (Phi) is 5.84. The molecule has 24 heavy (non-hydrogen) atoms. The van der Waals surface area contributed by atoms with E-state index in [1.54, 1.807) is 24.3 Å². The highest BCUT2D eigenvalue weighted by molar-refractivity contribution is 7.85. The highest BCUT2D eigenvalue weighted by Crippen LogP contribution is 2.30. The number of halogens is 2. The van der Waals surface area contributed by atoms with Crippen LogP contribution in [-0.2, 0) is 23.9 Å². The van der Waals surface area contributed by atoms with Crippen LogP contribution in [0.15, 0.2) is 34.4 Å². The fraction of sp³-hybridized carbons (Fsp3) is 0.357. The van der Waals surface area contributed by atoms with Crippen molar-refractivity contribution in [2.24, 2.45) is 10.1 Å². The Bertz CT molecular complexity index is 790. The molecule has 0 aromatic heterocycles. The fourth-order valence-electron chi connectivity index (χ4n) is 2.08. The fourth-order valence-corrected chi connectivity index (χ4v) is 2.71. The second kappa shape index (κ2) is 7.50. The van der Waals surface area contributed by atoms with E-state index < -0.39 is 27.5 Å². The molecule has 1 aliphatic rings. The third-order valence-corrected chi connectivity index (χ3v) is 4.23. The van der Waals surface area contributed by atoms with Crippen molar-refractivity contribution >= 4 is 50.7 Å². The average molecular weight is 393 g/mol. The third kappa shape index (κ3) is 4.68. The molecule has 0 amide bonds. The monoisotopic (exact) mass is 392 g/mol. The van der Waals surface area contributed by atoms with Gasteiger partial charge in [0.25, 0.3) is 0 Å². The number of nitrogens with zero attached hydrogens (tertiary/aromatic N) is 2. The first-order valence-corrected chi connectivity index (χ1v) is 9.35. The molecule has 2 rings (SSSR count). The molecule has 1 aromatic carbocycles. The molecule has 0 N–H and O–H groups in total. The summed E-state index contributed by atoms with van der Waals surface area (Å²) >= 11 is 12.0. The van der Waals surface area contributed by atoms with Gasteiger partial charge in [-0.3, -0.25) is 9.28 Å². The maximum Gasteiger partial charge on any atom is 0.353 e. The minimum Gasteiger partial charge on any atom is -0.464 e. The molecule has 1 aliphatic heterocycles. The highest BCUT2D eigenvalue weighted by atomic mass is 35.5. The number of hydrogen-bond donors (Lipinski definition) is 0. The van der Waals surface area contributed by atoms with Crippen LogP contribution < -0.4 is 0 Å². The number of benzene rings is 1. The molecule has 7 nitrogen and oxygen atoms in total. The molecule has 0 saturated heterocycles. The van der Waals surface area contributed by atoms with E-state index in [0.29, 0.717) is 5.02 Å². The zero-order valence-corrected chi connectivity index (χ0v) is 15.1. The van der Waals surface area contributed by atoms with Crippen LogP contribution in [0, 0.1) is 0 Å². The number of esters is 1. The molecule has 2 atom stereocenters. The van der Waals surface area contributed by atoms with Crippen molar-refractivity contribution in [3.8, 4) is 0 Å². The number of oxime groups is 1. The van der Waals surface area contributed by atoms with Crippen molar-refractivity contribution in [2.75, 3.05) is 13.4 Å². The van der Waals surface area contributed by atoms with Crippen LogP contribution in [0.3, 0.4) is 0 Å². The van der Waals surface area contributed by atoms with Gasteiger partial charge in [-0.15, -0.1) is 11.6 Å². The Morgan fingerprint density at radius 3 is 2.50 bits per heavy atom. The summed E-state index contributed by atoms with van der Waals surface area (Å²) in [5.74, 6) is -0.722. The first-order chi connectivity index (χ1) is 11.2. The molecule has 0 bridgehead atoms. The van der Waals surface area contributed by atoms with E-state index in [1.807, 2.05) is 0 Å². The van der Waals surface area contributed by atoms with Crippen LogP contribution in [0.2, 0.25) is 5.02 Å².